The first kappa shape index (κ1) is 24.6. The fourth-order valence-electron chi connectivity index (χ4n) is 3.76. The van der Waals surface area contributed by atoms with E-state index in [0.29, 0.717) is 13.0 Å². The van der Waals surface area contributed by atoms with Gasteiger partial charge in [0, 0.05) is 6.42 Å². The summed E-state index contributed by atoms with van der Waals surface area (Å²) in [5.74, 6) is -0.0649. The van der Waals surface area contributed by atoms with Crippen molar-refractivity contribution >= 4 is 5.97 Å². The molecule has 3 rings (SSSR count). The molecule has 33 heavy (non-hydrogen) atoms. The molecule has 0 unspecified atom stereocenters. The highest BCUT2D eigenvalue weighted by atomic mass is 16.5. The monoisotopic (exact) mass is 444 g/mol. The number of carboxylic acids is 1. The first-order valence-electron chi connectivity index (χ1n) is 11.6. The molecule has 174 valence electrons. The van der Waals surface area contributed by atoms with E-state index in [-0.39, 0.29) is 17.3 Å². The first-order valence-corrected chi connectivity index (χ1v) is 11.6. The van der Waals surface area contributed by atoms with Gasteiger partial charge in [-0.1, -0.05) is 96.1 Å². The fourth-order valence-corrected chi connectivity index (χ4v) is 3.76. The summed E-state index contributed by atoms with van der Waals surface area (Å²) < 4.78 is 6.14. The summed E-state index contributed by atoms with van der Waals surface area (Å²) >= 11 is 0. The molecule has 0 radical (unpaired) electrons. The van der Waals surface area contributed by atoms with Crippen molar-refractivity contribution in [1.82, 2.24) is 0 Å². The molecular formula is C30H36O3. The quantitative estimate of drug-likeness (QED) is 0.409. The van der Waals surface area contributed by atoms with E-state index in [4.69, 9.17) is 4.74 Å². The van der Waals surface area contributed by atoms with Gasteiger partial charge in [-0.2, -0.15) is 0 Å². The zero-order valence-corrected chi connectivity index (χ0v) is 20.7. The van der Waals surface area contributed by atoms with Crippen molar-refractivity contribution in [2.75, 3.05) is 0 Å². The van der Waals surface area contributed by atoms with Crippen molar-refractivity contribution in [3.63, 3.8) is 0 Å². The number of aryl methyl sites for hydroxylation is 1. The standard InChI is InChI=1S/C30H36O3/c1-29(2,3)25-13-7-21(8-14-25)20-33-27-17-11-23(19-24(27)12-18-28(31)32)22-9-15-26(16-10-22)30(4,5)6/h7-11,13-17,19H,12,18,20H2,1-6H3,(H,31,32). The topological polar surface area (TPSA) is 46.5 Å². The van der Waals surface area contributed by atoms with Gasteiger partial charge in [-0.05, 0) is 62.8 Å². The highest BCUT2D eigenvalue weighted by molar-refractivity contribution is 5.69. The highest BCUT2D eigenvalue weighted by Crippen LogP contribution is 2.31. The molecule has 0 aliphatic heterocycles. The predicted octanol–water partition coefficient (Wildman–Crippen LogP) is 7.54. The molecule has 0 bridgehead atoms. The van der Waals surface area contributed by atoms with Crippen molar-refractivity contribution in [2.45, 2.75) is 71.8 Å². The Hall–Kier alpha value is -3.07. The predicted molar refractivity (Wildman–Crippen MR) is 136 cm³/mol. The number of carboxylic acid groups (broad SMARTS) is 1. The van der Waals surface area contributed by atoms with Crippen LogP contribution in [-0.4, -0.2) is 11.1 Å². The van der Waals surface area contributed by atoms with E-state index in [2.05, 4.69) is 96.1 Å². The number of hydrogen-bond donors (Lipinski definition) is 1. The molecule has 0 aliphatic carbocycles. The van der Waals surface area contributed by atoms with Gasteiger partial charge in [0.15, 0.2) is 0 Å². The lowest BCUT2D eigenvalue weighted by atomic mass is 9.86. The smallest absolute Gasteiger partial charge is 0.303 e. The van der Waals surface area contributed by atoms with Crippen LogP contribution >= 0.6 is 0 Å². The van der Waals surface area contributed by atoms with Gasteiger partial charge in [-0.3, -0.25) is 4.79 Å². The molecule has 3 aromatic rings. The normalized spacial score (nSPS) is 11.9. The van der Waals surface area contributed by atoms with Crippen molar-refractivity contribution in [1.29, 1.82) is 0 Å². The second-order valence-corrected chi connectivity index (χ2v) is 10.8. The van der Waals surface area contributed by atoms with Crippen molar-refractivity contribution < 1.29 is 14.6 Å². The number of hydrogen-bond acceptors (Lipinski definition) is 2. The SMILES string of the molecule is CC(C)(C)c1ccc(COc2ccc(-c3ccc(C(C)(C)C)cc3)cc2CCC(=O)O)cc1. The van der Waals surface area contributed by atoms with Gasteiger partial charge in [0.2, 0.25) is 0 Å². The molecule has 0 aromatic heterocycles. The van der Waals surface area contributed by atoms with Crippen LogP contribution in [-0.2, 0) is 28.7 Å². The van der Waals surface area contributed by atoms with Crippen LogP contribution in [0.1, 0.15) is 70.2 Å². The molecule has 0 saturated carbocycles. The third kappa shape index (κ3) is 6.71. The summed E-state index contributed by atoms with van der Waals surface area (Å²) in [6, 6.07) is 23.2. The molecule has 0 heterocycles. The zero-order valence-electron chi connectivity index (χ0n) is 20.7. The molecule has 3 aromatic carbocycles. The van der Waals surface area contributed by atoms with Gasteiger partial charge >= 0.3 is 5.97 Å². The van der Waals surface area contributed by atoms with Gasteiger partial charge in [0.25, 0.3) is 0 Å². The zero-order chi connectivity index (χ0) is 24.2. The summed E-state index contributed by atoms with van der Waals surface area (Å²) in [4.78, 5) is 11.2. The average Bonchev–Trinajstić information content (AvgIpc) is 2.75. The van der Waals surface area contributed by atoms with E-state index in [1.54, 1.807) is 0 Å². The van der Waals surface area contributed by atoms with Crippen LogP contribution in [0, 0.1) is 0 Å². The summed E-state index contributed by atoms with van der Waals surface area (Å²) in [5.41, 5.74) is 6.99. The summed E-state index contributed by atoms with van der Waals surface area (Å²) in [6.07, 6.45) is 0.505. The molecule has 3 heteroatoms. The molecule has 0 amide bonds. The minimum atomic E-state index is -0.807. The summed E-state index contributed by atoms with van der Waals surface area (Å²) in [6.45, 7) is 13.7. The Morgan fingerprint density at radius 2 is 1.27 bits per heavy atom. The van der Waals surface area contributed by atoms with Crippen LogP contribution in [0.3, 0.4) is 0 Å². The van der Waals surface area contributed by atoms with Crippen molar-refractivity contribution in [3.8, 4) is 16.9 Å². The largest absolute Gasteiger partial charge is 0.489 e. The Bertz CT molecular complexity index is 1080. The van der Waals surface area contributed by atoms with Crippen LogP contribution < -0.4 is 4.74 Å². The molecule has 0 saturated heterocycles. The highest BCUT2D eigenvalue weighted by Gasteiger charge is 2.15. The van der Waals surface area contributed by atoms with Gasteiger partial charge in [0.05, 0.1) is 0 Å². The Labute approximate surface area is 198 Å². The van der Waals surface area contributed by atoms with E-state index in [9.17, 15) is 9.90 Å². The third-order valence-corrected chi connectivity index (χ3v) is 5.97. The molecule has 3 nitrogen and oxygen atoms in total. The molecule has 1 N–H and O–H groups in total. The lowest BCUT2D eigenvalue weighted by Gasteiger charge is -2.20. The van der Waals surface area contributed by atoms with Crippen LogP contribution in [0.25, 0.3) is 11.1 Å². The lowest BCUT2D eigenvalue weighted by Crippen LogP contribution is -2.11. The van der Waals surface area contributed by atoms with E-state index < -0.39 is 5.97 Å². The third-order valence-electron chi connectivity index (χ3n) is 5.97. The number of rotatable bonds is 7. The van der Waals surface area contributed by atoms with Crippen LogP contribution in [0.4, 0.5) is 0 Å². The van der Waals surface area contributed by atoms with E-state index in [0.717, 1.165) is 28.0 Å². The Morgan fingerprint density at radius 3 is 1.79 bits per heavy atom. The van der Waals surface area contributed by atoms with E-state index in [1.807, 2.05) is 12.1 Å². The summed E-state index contributed by atoms with van der Waals surface area (Å²) in [7, 11) is 0. The number of benzene rings is 3. The molecule has 0 atom stereocenters. The maximum atomic E-state index is 11.2. The summed E-state index contributed by atoms with van der Waals surface area (Å²) in [5, 5.41) is 9.22. The van der Waals surface area contributed by atoms with Crippen LogP contribution in [0.2, 0.25) is 0 Å². The second kappa shape index (κ2) is 9.82. The maximum absolute atomic E-state index is 11.2. The van der Waals surface area contributed by atoms with E-state index >= 15 is 0 Å². The van der Waals surface area contributed by atoms with Crippen LogP contribution in [0.5, 0.6) is 5.75 Å². The van der Waals surface area contributed by atoms with Crippen LogP contribution in [0.15, 0.2) is 66.7 Å². The van der Waals surface area contributed by atoms with Gasteiger partial charge in [0.1, 0.15) is 12.4 Å². The molecule has 0 fully saturated rings. The Morgan fingerprint density at radius 1 is 0.758 bits per heavy atom. The molecule has 0 spiro atoms. The first-order chi connectivity index (χ1) is 15.4. The maximum Gasteiger partial charge on any atom is 0.303 e. The number of carbonyl (C=O) groups is 1. The average molecular weight is 445 g/mol. The van der Waals surface area contributed by atoms with Gasteiger partial charge in [-0.25, -0.2) is 0 Å². The van der Waals surface area contributed by atoms with Crippen molar-refractivity contribution in [2.24, 2.45) is 0 Å². The second-order valence-electron chi connectivity index (χ2n) is 10.8. The van der Waals surface area contributed by atoms with Gasteiger partial charge in [-0.15, -0.1) is 0 Å². The Kier molecular flexibility index (Phi) is 7.31. The Balaban J connectivity index is 1.81. The number of aliphatic carboxylic acids is 1. The van der Waals surface area contributed by atoms with Gasteiger partial charge < -0.3 is 9.84 Å². The van der Waals surface area contributed by atoms with Crippen molar-refractivity contribution in [3.05, 3.63) is 89.0 Å². The number of ether oxygens (including phenoxy) is 1. The minimum absolute atomic E-state index is 0.0725. The fraction of sp³-hybridized carbons (Fsp3) is 0.367. The minimum Gasteiger partial charge on any atom is -0.489 e. The van der Waals surface area contributed by atoms with E-state index in [1.165, 1.54) is 11.1 Å². The molecular weight excluding hydrogens is 408 g/mol. The lowest BCUT2D eigenvalue weighted by molar-refractivity contribution is -0.136. The molecule has 0 aliphatic rings.